The lowest BCUT2D eigenvalue weighted by atomic mass is 9.94. The molecule has 0 saturated heterocycles. The number of benzene rings is 2. The van der Waals surface area contributed by atoms with Crippen molar-refractivity contribution in [1.82, 2.24) is 5.32 Å². The summed E-state index contributed by atoms with van der Waals surface area (Å²) < 4.78 is 58.3. The summed E-state index contributed by atoms with van der Waals surface area (Å²) >= 11 is 0. The Morgan fingerprint density at radius 3 is 2.16 bits per heavy atom. The second kappa shape index (κ2) is 7.23. The van der Waals surface area contributed by atoms with Gasteiger partial charge in [0.15, 0.2) is 0 Å². The smallest absolute Gasteiger partial charge is 0.372 e. The fourth-order valence-electron chi connectivity index (χ4n) is 2.44. The quantitative estimate of drug-likeness (QED) is 0.819. The number of rotatable bonds is 5. The van der Waals surface area contributed by atoms with Gasteiger partial charge >= 0.3 is 6.18 Å². The number of alkyl halides is 3. The fourth-order valence-corrected chi connectivity index (χ4v) is 2.44. The number of amides is 1. The highest BCUT2D eigenvalue weighted by molar-refractivity contribution is 5.95. The van der Waals surface area contributed by atoms with Crippen LogP contribution in [0, 0.1) is 5.82 Å². The van der Waals surface area contributed by atoms with Gasteiger partial charge < -0.3 is 10.1 Å². The van der Waals surface area contributed by atoms with E-state index >= 15 is 0 Å². The van der Waals surface area contributed by atoms with E-state index in [1.54, 1.807) is 13.0 Å². The first-order chi connectivity index (χ1) is 11.7. The number of methoxy groups -OCH3 is 1. The third kappa shape index (κ3) is 4.17. The van der Waals surface area contributed by atoms with E-state index in [2.05, 4.69) is 5.32 Å². The molecule has 0 aromatic heterocycles. The van der Waals surface area contributed by atoms with Gasteiger partial charge in [-0.25, -0.2) is 4.39 Å². The Labute approximate surface area is 142 Å². The molecule has 0 bridgehead atoms. The third-order valence-electron chi connectivity index (χ3n) is 3.96. The minimum atomic E-state index is -4.65. The number of hydrogen-bond donors (Lipinski definition) is 1. The molecule has 2 aromatic carbocycles. The van der Waals surface area contributed by atoms with E-state index in [-0.39, 0.29) is 12.1 Å². The summed E-state index contributed by atoms with van der Waals surface area (Å²) in [4.78, 5) is 12.2. The van der Waals surface area contributed by atoms with E-state index in [4.69, 9.17) is 4.74 Å². The summed E-state index contributed by atoms with van der Waals surface area (Å²) in [6.07, 6.45) is -4.65. The first kappa shape index (κ1) is 18.9. The molecule has 1 unspecified atom stereocenters. The molecular weight excluding hydrogens is 338 g/mol. The van der Waals surface area contributed by atoms with Gasteiger partial charge in [-0.3, -0.25) is 4.79 Å². The predicted molar refractivity (Wildman–Crippen MR) is 84.5 cm³/mol. The lowest BCUT2D eigenvalue weighted by Crippen LogP contribution is -2.41. The van der Waals surface area contributed by atoms with Crippen molar-refractivity contribution in [2.24, 2.45) is 0 Å². The molecule has 3 nitrogen and oxygen atoms in total. The first-order valence-electron chi connectivity index (χ1n) is 7.43. The molecule has 0 aliphatic heterocycles. The van der Waals surface area contributed by atoms with Gasteiger partial charge in [0.2, 0.25) is 0 Å². The lowest BCUT2D eigenvalue weighted by Gasteiger charge is -2.29. The molecule has 0 radical (unpaired) electrons. The number of halogens is 4. The Balaban J connectivity index is 2.23. The van der Waals surface area contributed by atoms with Crippen LogP contribution in [0.3, 0.4) is 0 Å². The fraction of sp³-hybridized carbons (Fsp3) is 0.278. The standard InChI is InChI=1S/C18H17F4NO2/c1-17(25-2,14-9-5-6-10-15(14)19)11-23-16(24)12-7-3-4-8-13(12)18(20,21)22/h3-10H,11H2,1-2H3,(H,23,24). The van der Waals surface area contributed by atoms with Crippen LogP contribution in [0.2, 0.25) is 0 Å². The highest BCUT2D eigenvalue weighted by Crippen LogP contribution is 2.32. The molecule has 134 valence electrons. The predicted octanol–water partition coefficient (Wildman–Crippen LogP) is 4.14. The van der Waals surface area contributed by atoms with Crippen LogP contribution in [0.5, 0.6) is 0 Å². The molecule has 2 rings (SSSR count). The molecule has 7 heteroatoms. The maximum Gasteiger partial charge on any atom is 0.417 e. The van der Waals surface area contributed by atoms with Crippen LogP contribution in [0.25, 0.3) is 0 Å². The molecule has 0 fully saturated rings. The molecular formula is C18H17F4NO2. The topological polar surface area (TPSA) is 38.3 Å². The Bertz CT molecular complexity index is 761. The normalized spacial score (nSPS) is 14.0. The maximum atomic E-state index is 14.0. The van der Waals surface area contributed by atoms with E-state index in [0.29, 0.717) is 0 Å². The molecule has 25 heavy (non-hydrogen) atoms. The highest BCUT2D eigenvalue weighted by Gasteiger charge is 2.36. The van der Waals surface area contributed by atoms with Gasteiger partial charge in [-0.2, -0.15) is 13.2 Å². The third-order valence-corrected chi connectivity index (χ3v) is 3.96. The molecule has 0 spiro atoms. The van der Waals surface area contributed by atoms with Gasteiger partial charge in [-0.05, 0) is 25.1 Å². The van der Waals surface area contributed by atoms with Crippen LogP contribution in [-0.4, -0.2) is 19.6 Å². The summed E-state index contributed by atoms with van der Waals surface area (Å²) in [7, 11) is 1.34. The number of carbonyl (C=O) groups is 1. The van der Waals surface area contributed by atoms with Gasteiger partial charge in [-0.15, -0.1) is 0 Å². The lowest BCUT2D eigenvalue weighted by molar-refractivity contribution is -0.137. The van der Waals surface area contributed by atoms with Crippen molar-refractivity contribution in [3.8, 4) is 0 Å². The van der Waals surface area contributed by atoms with Crippen molar-refractivity contribution in [2.75, 3.05) is 13.7 Å². The number of carbonyl (C=O) groups excluding carboxylic acids is 1. The molecule has 0 heterocycles. The van der Waals surface area contributed by atoms with Crippen LogP contribution >= 0.6 is 0 Å². The van der Waals surface area contributed by atoms with Crippen LogP contribution in [0.1, 0.15) is 28.4 Å². The van der Waals surface area contributed by atoms with Gasteiger partial charge in [0.1, 0.15) is 11.4 Å². The summed E-state index contributed by atoms with van der Waals surface area (Å²) in [6.45, 7) is 1.34. The molecule has 2 aromatic rings. The minimum Gasteiger partial charge on any atom is -0.372 e. The van der Waals surface area contributed by atoms with E-state index in [1.165, 1.54) is 37.4 Å². The monoisotopic (exact) mass is 355 g/mol. The number of ether oxygens (including phenoxy) is 1. The van der Waals surface area contributed by atoms with Crippen LogP contribution < -0.4 is 5.32 Å². The number of hydrogen-bond acceptors (Lipinski definition) is 2. The van der Waals surface area contributed by atoms with Crippen molar-refractivity contribution in [3.05, 3.63) is 71.0 Å². The maximum absolute atomic E-state index is 14.0. The average molecular weight is 355 g/mol. The Hall–Kier alpha value is -2.41. The van der Waals surface area contributed by atoms with E-state index in [1.807, 2.05) is 0 Å². The molecule has 1 amide bonds. The Kier molecular flexibility index (Phi) is 5.47. The molecule has 1 atom stereocenters. The molecule has 1 N–H and O–H groups in total. The van der Waals surface area contributed by atoms with E-state index in [0.717, 1.165) is 12.1 Å². The highest BCUT2D eigenvalue weighted by atomic mass is 19.4. The van der Waals surface area contributed by atoms with Gasteiger partial charge in [0.05, 0.1) is 17.7 Å². The molecule has 0 saturated carbocycles. The van der Waals surface area contributed by atoms with Crippen LogP contribution in [-0.2, 0) is 16.5 Å². The minimum absolute atomic E-state index is 0.196. The zero-order valence-corrected chi connectivity index (χ0v) is 13.7. The molecule has 0 aliphatic carbocycles. The largest absolute Gasteiger partial charge is 0.417 e. The van der Waals surface area contributed by atoms with Crippen molar-refractivity contribution < 1.29 is 27.1 Å². The van der Waals surface area contributed by atoms with Crippen molar-refractivity contribution >= 4 is 5.91 Å². The summed E-state index contributed by atoms with van der Waals surface area (Å²) in [5.74, 6) is -1.44. The Morgan fingerprint density at radius 1 is 1.04 bits per heavy atom. The van der Waals surface area contributed by atoms with Crippen molar-refractivity contribution in [3.63, 3.8) is 0 Å². The second-order valence-corrected chi connectivity index (χ2v) is 5.64. The van der Waals surface area contributed by atoms with Crippen LogP contribution in [0.15, 0.2) is 48.5 Å². The Morgan fingerprint density at radius 2 is 1.60 bits per heavy atom. The molecule has 0 aliphatic rings. The summed E-state index contributed by atoms with van der Waals surface area (Å²) in [5, 5.41) is 2.40. The van der Waals surface area contributed by atoms with Gasteiger partial charge in [-0.1, -0.05) is 30.3 Å². The first-order valence-corrected chi connectivity index (χ1v) is 7.43. The summed E-state index contributed by atoms with van der Waals surface area (Å²) in [5.41, 5.74) is -2.56. The zero-order valence-electron chi connectivity index (χ0n) is 13.7. The number of nitrogens with one attached hydrogen (secondary N) is 1. The van der Waals surface area contributed by atoms with Gasteiger partial charge in [0, 0.05) is 12.7 Å². The van der Waals surface area contributed by atoms with Crippen molar-refractivity contribution in [1.29, 1.82) is 0 Å². The summed E-state index contributed by atoms with van der Waals surface area (Å²) in [6, 6.07) is 10.3. The van der Waals surface area contributed by atoms with Crippen LogP contribution in [0.4, 0.5) is 17.6 Å². The SMILES string of the molecule is COC(C)(CNC(=O)c1ccccc1C(F)(F)F)c1ccccc1F. The van der Waals surface area contributed by atoms with Crippen molar-refractivity contribution in [2.45, 2.75) is 18.7 Å². The van der Waals surface area contributed by atoms with E-state index in [9.17, 15) is 22.4 Å². The zero-order chi connectivity index (χ0) is 18.7. The van der Waals surface area contributed by atoms with Gasteiger partial charge in [0.25, 0.3) is 5.91 Å². The average Bonchev–Trinajstić information content (AvgIpc) is 2.59. The second-order valence-electron chi connectivity index (χ2n) is 5.64. The van der Waals surface area contributed by atoms with E-state index < -0.39 is 34.6 Å².